The summed E-state index contributed by atoms with van der Waals surface area (Å²) < 4.78 is 0. The van der Waals surface area contributed by atoms with Crippen molar-refractivity contribution in [1.82, 2.24) is 15.0 Å². The zero-order chi connectivity index (χ0) is 18.5. The van der Waals surface area contributed by atoms with Crippen LogP contribution in [0.1, 0.15) is 18.1 Å². The lowest BCUT2D eigenvalue weighted by atomic mass is 10.1. The Kier molecular flexibility index (Phi) is 5.01. The van der Waals surface area contributed by atoms with Gasteiger partial charge >= 0.3 is 0 Å². The van der Waals surface area contributed by atoms with Crippen molar-refractivity contribution in [3.63, 3.8) is 0 Å². The second kappa shape index (κ2) is 7.91. The van der Waals surface area contributed by atoms with Crippen LogP contribution in [0.2, 0.25) is 0 Å². The van der Waals surface area contributed by atoms with Crippen molar-refractivity contribution in [1.29, 1.82) is 0 Å². The van der Waals surface area contributed by atoms with E-state index in [2.05, 4.69) is 81.2 Å². The average Bonchev–Trinajstić information content (AvgIpc) is 3.12. The number of nitrogens with one attached hydrogen (secondary N) is 3. The maximum atomic E-state index is 4.55. The number of benzene rings is 2. The zero-order valence-electron chi connectivity index (χ0n) is 15.4. The summed E-state index contributed by atoms with van der Waals surface area (Å²) in [7, 11) is 0. The highest BCUT2D eigenvalue weighted by Gasteiger charge is 2.04. The van der Waals surface area contributed by atoms with Crippen molar-refractivity contribution in [3.05, 3.63) is 78.1 Å². The molecule has 2 heterocycles. The van der Waals surface area contributed by atoms with Crippen LogP contribution in [-0.4, -0.2) is 21.5 Å². The van der Waals surface area contributed by atoms with E-state index in [0.717, 1.165) is 30.9 Å². The highest BCUT2D eigenvalue weighted by Crippen LogP contribution is 2.19. The van der Waals surface area contributed by atoms with Gasteiger partial charge in [0.2, 0.25) is 5.95 Å². The van der Waals surface area contributed by atoms with Gasteiger partial charge in [0, 0.05) is 35.5 Å². The second-order valence-electron chi connectivity index (χ2n) is 6.48. The normalized spacial score (nSPS) is 10.9. The molecule has 0 saturated heterocycles. The molecule has 4 rings (SSSR count). The first-order valence-corrected chi connectivity index (χ1v) is 9.29. The Bertz CT molecular complexity index is 1020. The first kappa shape index (κ1) is 17.1. The van der Waals surface area contributed by atoms with Crippen LogP contribution in [0.25, 0.3) is 10.9 Å². The van der Waals surface area contributed by atoms with Gasteiger partial charge in [-0.3, -0.25) is 0 Å². The minimum absolute atomic E-state index is 0.594. The Balaban J connectivity index is 1.37. The van der Waals surface area contributed by atoms with Crippen molar-refractivity contribution in [3.8, 4) is 0 Å². The van der Waals surface area contributed by atoms with Crippen molar-refractivity contribution in [2.75, 3.05) is 17.2 Å². The van der Waals surface area contributed by atoms with Gasteiger partial charge in [0.25, 0.3) is 0 Å². The maximum absolute atomic E-state index is 4.55. The van der Waals surface area contributed by atoms with Crippen LogP contribution in [0.5, 0.6) is 0 Å². The quantitative estimate of drug-likeness (QED) is 0.439. The number of anilines is 3. The van der Waals surface area contributed by atoms with Gasteiger partial charge in [0.1, 0.15) is 5.82 Å². The molecule has 2 aromatic heterocycles. The van der Waals surface area contributed by atoms with E-state index < -0.39 is 0 Å². The van der Waals surface area contributed by atoms with E-state index in [4.69, 9.17) is 0 Å². The topological polar surface area (TPSA) is 65.6 Å². The molecule has 27 heavy (non-hydrogen) atoms. The fraction of sp³-hybridized carbons (Fsp3) is 0.182. The number of rotatable bonds is 7. The van der Waals surface area contributed by atoms with Crippen LogP contribution in [0, 0.1) is 0 Å². The number of hydrogen-bond acceptors (Lipinski definition) is 4. The molecule has 0 radical (unpaired) electrons. The van der Waals surface area contributed by atoms with E-state index in [1.54, 1.807) is 6.20 Å². The molecule has 0 aliphatic carbocycles. The van der Waals surface area contributed by atoms with Crippen LogP contribution < -0.4 is 10.6 Å². The number of nitrogens with zero attached hydrogens (tertiary/aromatic N) is 2. The van der Waals surface area contributed by atoms with Crippen molar-refractivity contribution in [2.24, 2.45) is 0 Å². The number of para-hydroxylation sites is 1. The van der Waals surface area contributed by atoms with Gasteiger partial charge in [-0.1, -0.05) is 37.3 Å². The van der Waals surface area contributed by atoms with Gasteiger partial charge in [-0.05, 0) is 48.2 Å². The van der Waals surface area contributed by atoms with Crippen LogP contribution in [0.3, 0.4) is 0 Å². The first-order chi connectivity index (χ1) is 13.3. The molecule has 0 spiro atoms. The van der Waals surface area contributed by atoms with Crippen LogP contribution >= 0.6 is 0 Å². The van der Waals surface area contributed by atoms with Gasteiger partial charge in [-0.2, -0.15) is 4.98 Å². The third-order valence-corrected chi connectivity index (χ3v) is 4.65. The molecule has 4 aromatic rings. The van der Waals surface area contributed by atoms with Crippen LogP contribution in [0.15, 0.2) is 67.0 Å². The minimum atomic E-state index is 0.594. The third kappa shape index (κ3) is 4.08. The Morgan fingerprint density at radius 1 is 1.00 bits per heavy atom. The largest absolute Gasteiger partial charge is 0.370 e. The number of aryl methyl sites for hydroxylation is 1. The average molecular weight is 357 g/mol. The van der Waals surface area contributed by atoms with E-state index in [-0.39, 0.29) is 0 Å². The minimum Gasteiger partial charge on any atom is -0.370 e. The molecule has 0 atom stereocenters. The molecule has 0 saturated carbocycles. The molecule has 0 amide bonds. The number of aromatic nitrogens is 3. The van der Waals surface area contributed by atoms with E-state index in [9.17, 15) is 0 Å². The van der Waals surface area contributed by atoms with E-state index >= 15 is 0 Å². The molecule has 0 unspecified atom stereocenters. The number of aromatic amines is 1. The van der Waals surface area contributed by atoms with Crippen molar-refractivity contribution >= 4 is 28.4 Å². The summed E-state index contributed by atoms with van der Waals surface area (Å²) in [5, 5.41) is 7.92. The molecule has 5 heteroatoms. The van der Waals surface area contributed by atoms with Gasteiger partial charge in [0.15, 0.2) is 0 Å². The Labute approximate surface area is 158 Å². The van der Waals surface area contributed by atoms with Crippen LogP contribution in [-0.2, 0) is 12.8 Å². The smallest absolute Gasteiger partial charge is 0.229 e. The predicted molar refractivity (Wildman–Crippen MR) is 112 cm³/mol. The van der Waals surface area contributed by atoms with E-state index in [0.29, 0.717) is 5.95 Å². The summed E-state index contributed by atoms with van der Waals surface area (Å²) >= 11 is 0. The maximum Gasteiger partial charge on any atom is 0.229 e. The molecule has 2 aromatic carbocycles. The zero-order valence-corrected chi connectivity index (χ0v) is 15.4. The molecule has 0 aliphatic rings. The van der Waals surface area contributed by atoms with Crippen LogP contribution in [0.4, 0.5) is 17.5 Å². The molecule has 5 nitrogen and oxygen atoms in total. The van der Waals surface area contributed by atoms with Gasteiger partial charge in [0.05, 0.1) is 0 Å². The van der Waals surface area contributed by atoms with Gasteiger partial charge in [-0.15, -0.1) is 0 Å². The monoisotopic (exact) mass is 357 g/mol. The summed E-state index contributed by atoms with van der Waals surface area (Å²) in [5.41, 5.74) is 4.79. The highest BCUT2D eigenvalue weighted by atomic mass is 15.1. The Hall–Kier alpha value is -3.34. The van der Waals surface area contributed by atoms with E-state index in [1.165, 1.54) is 22.0 Å². The summed E-state index contributed by atoms with van der Waals surface area (Å²) in [4.78, 5) is 12.2. The number of hydrogen-bond donors (Lipinski definition) is 3. The highest BCUT2D eigenvalue weighted by molar-refractivity contribution is 5.83. The van der Waals surface area contributed by atoms with Crippen molar-refractivity contribution < 1.29 is 0 Å². The molecular formula is C22H23N5. The Morgan fingerprint density at radius 3 is 2.70 bits per heavy atom. The summed E-state index contributed by atoms with van der Waals surface area (Å²) in [6.45, 7) is 2.96. The lowest BCUT2D eigenvalue weighted by molar-refractivity contribution is 1.01. The standard InChI is InChI=1S/C22H23N5/c1-2-16-7-9-18(10-8-16)26-22-24-14-12-21(27-22)23-13-11-17-15-25-20-6-4-3-5-19(17)20/h3-10,12,14-15,25H,2,11,13H2,1H3,(H2,23,24,26,27). The fourth-order valence-corrected chi connectivity index (χ4v) is 3.13. The van der Waals surface area contributed by atoms with Crippen molar-refractivity contribution in [2.45, 2.75) is 19.8 Å². The van der Waals surface area contributed by atoms with Gasteiger partial charge < -0.3 is 15.6 Å². The summed E-state index contributed by atoms with van der Waals surface area (Å²) in [6, 6.07) is 18.6. The molecule has 0 bridgehead atoms. The lowest BCUT2D eigenvalue weighted by Crippen LogP contribution is -2.07. The fourth-order valence-electron chi connectivity index (χ4n) is 3.13. The lowest BCUT2D eigenvalue weighted by Gasteiger charge is -2.09. The SMILES string of the molecule is CCc1ccc(Nc2nccc(NCCc3c[nH]c4ccccc34)n2)cc1. The first-order valence-electron chi connectivity index (χ1n) is 9.29. The molecule has 0 aliphatic heterocycles. The molecule has 3 N–H and O–H groups in total. The predicted octanol–water partition coefficient (Wildman–Crippen LogP) is 4.92. The van der Waals surface area contributed by atoms with Gasteiger partial charge in [-0.25, -0.2) is 4.98 Å². The molecule has 0 fully saturated rings. The summed E-state index contributed by atoms with van der Waals surface area (Å²) in [6.07, 6.45) is 5.81. The number of fused-ring (bicyclic) bond motifs is 1. The third-order valence-electron chi connectivity index (χ3n) is 4.65. The molecular weight excluding hydrogens is 334 g/mol. The second-order valence-corrected chi connectivity index (χ2v) is 6.48. The molecule has 136 valence electrons. The number of H-pyrrole nitrogens is 1. The van der Waals surface area contributed by atoms with E-state index in [1.807, 2.05) is 12.1 Å². The Morgan fingerprint density at radius 2 is 1.85 bits per heavy atom. The summed E-state index contributed by atoms with van der Waals surface area (Å²) in [5.74, 6) is 1.41.